The largest absolute Gasteiger partial charge is 0.399 e. The van der Waals surface area contributed by atoms with E-state index in [9.17, 15) is 13.2 Å². The Morgan fingerprint density at radius 3 is 2.26 bits per heavy atom. The molecule has 0 fully saturated rings. The number of anilines is 1. The van der Waals surface area contributed by atoms with Crippen molar-refractivity contribution in [3.05, 3.63) is 23.3 Å². The molecule has 19 heavy (non-hydrogen) atoms. The Hall–Kier alpha value is -1.60. The van der Waals surface area contributed by atoms with Gasteiger partial charge in [0.15, 0.2) is 0 Å². The highest BCUT2D eigenvalue weighted by molar-refractivity contribution is 7.89. The van der Waals surface area contributed by atoms with Gasteiger partial charge in [-0.2, -0.15) is 4.72 Å². The third-order valence-corrected chi connectivity index (χ3v) is 4.72. The van der Waals surface area contributed by atoms with Crippen LogP contribution in [0, 0.1) is 13.8 Å². The number of hydrogen-bond donors (Lipinski definition) is 3. The molecule has 0 atom stereocenters. The van der Waals surface area contributed by atoms with E-state index in [1.54, 1.807) is 19.9 Å². The van der Waals surface area contributed by atoms with Gasteiger partial charge in [0.2, 0.25) is 15.9 Å². The fourth-order valence-corrected chi connectivity index (χ4v) is 3.31. The quantitative estimate of drug-likeness (QED) is 0.695. The summed E-state index contributed by atoms with van der Waals surface area (Å²) in [5, 5.41) is 0. The van der Waals surface area contributed by atoms with Gasteiger partial charge in [-0.1, -0.05) is 0 Å². The third-order valence-electron chi connectivity index (χ3n) is 2.94. The molecule has 0 heterocycles. The van der Waals surface area contributed by atoms with Crippen LogP contribution in [0.1, 0.15) is 25.0 Å². The molecule has 0 aromatic heterocycles. The van der Waals surface area contributed by atoms with Gasteiger partial charge in [0.05, 0.1) is 4.90 Å². The first-order valence-electron chi connectivity index (χ1n) is 5.68. The summed E-state index contributed by atoms with van der Waals surface area (Å²) in [4.78, 5) is 11.3. The lowest BCUT2D eigenvalue weighted by Crippen LogP contribution is -2.52. The van der Waals surface area contributed by atoms with Crippen LogP contribution in [0.15, 0.2) is 17.0 Å². The standard InChI is InChI=1S/C12H19N3O3S/c1-7-5-9(13)6-10(8(7)2)19(17,18)15-12(3,4)11(14)16/h5-6,15H,13H2,1-4H3,(H2,14,16). The van der Waals surface area contributed by atoms with E-state index in [1.165, 1.54) is 19.9 Å². The highest BCUT2D eigenvalue weighted by Gasteiger charge is 2.32. The maximum Gasteiger partial charge on any atom is 0.241 e. The van der Waals surface area contributed by atoms with Crippen LogP contribution in [0.4, 0.5) is 5.69 Å². The molecule has 1 rings (SSSR count). The molecule has 0 aliphatic carbocycles. The van der Waals surface area contributed by atoms with E-state index in [1.807, 2.05) is 0 Å². The average molecular weight is 285 g/mol. The second-order valence-corrected chi connectivity index (χ2v) is 6.71. The summed E-state index contributed by atoms with van der Waals surface area (Å²) in [6, 6.07) is 3.05. The molecule has 1 amide bonds. The van der Waals surface area contributed by atoms with E-state index in [0.29, 0.717) is 11.3 Å². The number of hydrogen-bond acceptors (Lipinski definition) is 4. The zero-order valence-corrected chi connectivity index (χ0v) is 12.3. The van der Waals surface area contributed by atoms with Crippen molar-refractivity contribution < 1.29 is 13.2 Å². The minimum absolute atomic E-state index is 0.0549. The first-order valence-corrected chi connectivity index (χ1v) is 7.16. The van der Waals surface area contributed by atoms with Crippen LogP contribution in [-0.4, -0.2) is 19.9 Å². The number of sulfonamides is 1. The summed E-state index contributed by atoms with van der Waals surface area (Å²) in [7, 11) is -3.87. The lowest BCUT2D eigenvalue weighted by atomic mass is 10.1. The first-order chi connectivity index (χ1) is 8.47. The summed E-state index contributed by atoms with van der Waals surface area (Å²) < 4.78 is 26.9. The highest BCUT2D eigenvalue weighted by Crippen LogP contribution is 2.23. The van der Waals surface area contributed by atoms with Gasteiger partial charge >= 0.3 is 0 Å². The number of benzene rings is 1. The van der Waals surface area contributed by atoms with Gasteiger partial charge in [0, 0.05) is 5.69 Å². The molecular weight excluding hydrogens is 266 g/mol. The predicted molar refractivity (Wildman–Crippen MR) is 73.9 cm³/mol. The number of nitrogens with one attached hydrogen (secondary N) is 1. The topological polar surface area (TPSA) is 115 Å². The van der Waals surface area contributed by atoms with Crippen LogP contribution in [0.2, 0.25) is 0 Å². The maximum atomic E-state index is 12.3. The number of rotatable bonds is 4. The summed E-state index contributed by atoms with van der Waals surface area (Å²) >= 11 is 0. The van der Waals surface area contributed by atoms with E-state index in [0.717, 1.165) is 5.56 Å². The number of carbonyl (C=O) groups excluding carboxylic acids is 1. The van der Waals surface area contributed by atoms with Gasteiger partial charge in [0.25, 0.3) is 0 Å². The van der Waals surface area contributed by atoms with Crippen molar-refractivity contribution in [2.24, 2.45) is 5.73 Å². The second kappa shape index (κ2) is 4.82. The molecule has 0 aliphatic rings. The monoisotopic (exact) mass is 285 g/mol. The zero-order valence-electron chi connectivity index (χ0n) is 11.4. The molecule has 1 aromatic rings. The van der Waals surface area contributed by atoms with Crippen LogP contribution >= 0.6 is 0 Å². The molecule has 0 saturated carbocycles. The number of amides is 1. The molecule has 106 valence electrons. The van der Waals surface area contributed by atoms with E-state index >= 15 is 0 Å². The van der Waals surface area contributed by atoms with E-state index in [-0.39, 0.29) is 4.90 Å². The lowest BCUT2D eigenvalue weighted by molar-refractivity contribution is -0.122. The molecule has 5 N–H and O–H groups in total. The van der Waals surface area contributed by atoms with Crippen molar-refractivity contribution in [3.8, 4) is 0 Å². The molecule has 0 aliphatic heterocycles. The molecule has 0 bridgehead atoms. The van der Waals surface area contributed by atoms with Gasteiger partial charge in [0.1, 0.15) is 5.54 Å². The Morgan fingerprint density at radius 1 is 1.26 bits per heavy atom. The minimum Gasteiger partial charge on any atom is -0.399 e. The molecule has 0 unspecified atom stereocenters. The van der Waals surface area contributed by atoms with Crippen molar-refractivity contribution in [2.75, 3.05) is 5.73 Å². The van der Waals surface area contributed by atoms with E-state index < -0.39 is 21.5 Å². The van der Waals surface area contributed by atoms with Crippen LogP contribution in [0.3, 0.4) is 0 Å². The number of primary amides is 1. The molecular formula is C12H19N3O3S. The van der Waals surface area contributed by atoms with Gasteiger partial charge in [-0.05, 0) is 51.0 Å². The molecule has 1 aromatic carbocycles. The maximum absolute atomic E-state index is 12.3. The van der Waals surface area contributed by atoms with Crippen molar-refractivity contribution in [3.63, 3.8) is 0 Å². The molecule has 6 nitrogen and oxygen atoms in total. The average Bonchev–Trinajstić information content (AvgIpc) is 2.21. The van der Waals surface area contributed by atoms with Crippen LogP contribution in [-0.2, 0) is 14.8 Å². The summed E-state index contributed by atoms with van der Waals surface area (Å²) in [6.45, 7) is 6.26. The van der Waals surface area contributed by atoms with Gasteiger partial charge in [-0.25, -0.2) is 8.42 Å². The molecule has 0 spiro atoms. The lowest BCUT2D eigenvalue weighted by Gasteiger charge is -2.23. The number of nitrogens with two attached hydrogens (primary N) is 2. The van der Waals surface area contributed by atoms with Crippen molar-refractivity contribution in [1.29, 1.82) is 0 Å². The highest BCUT2D eigenvalue weighted by atomic mass is 32.2. The summed E-state index contributed by atoms with van der Waals surface area (Å²) in [6.07, 6.45) is 0. The van der Waals surface area contributed by atoms with E-state index in [2.05, 4.69) is 4.72 Å². The fraction of sp³-hybridized carbons (Fsp3) is 0.417. The normalized spacial score (nSPS) is 12.4. The third kappa shape index (κ3) is 3.24. The Kier molecular flexibility index (Phi) is 3.92. The van der Waals surface area contributed by atoms with Crippen molar-refractivity contribution in [1.82, 2.24) is 4.72 Å². The Morgan fingerprint density at radius 2 is 1.79 bits per heavy atom. The molecule has 0 radical (unpaired) electrons. The van der Waals surface area contributed by atoms with Gasteiger partial charge in [-0.15, -0.1) is 0 Å². The van der Waals surface area contributed by atoms with Crippen LogP contribution in [0.5, 0.6) is 0 Å². The molecule has 0 saturated heterocycles. The van der Waals surface area contributed by atoms with Crippen molar-refractivity contribution >= 4 is 21.6 Å². The number of nitrogen functional groups attached to an aromatic ring is 1. The fourth-order valence-electron chi connectivity index (χ4n) is 1.57. The van der Waals surface area contributed by atoms with Gasteiger partial charge < -0.3 is 11.5 Å². The van der Waals surface area contributed by atoms with Crippen LogP contribution < -0.4 is 16.2 Å². The summed E-state index contributed by atoms with van der Waals surface area (Å²) in [5.41, 5.74) is 11.2. The molecule has 7 heteroatoms. The Bertz CT molecular complexity index is 621. The van der Waals surface area contributed by atoms with Crippen molar-refractivity contribution in [2.45, 2.75) is 38.1 Å². The van der Waals surface area contributed by atoms with E-state index in [4.69, 9.17) is 11.5 Å². The number of aryl methyl sites for hydroxylation is 1. The zero-order chi connectivity index (χ0) is 15.0. The SMILES string of the molecule is Cc1cc(N)cc(S(=O)(=O)NC(C)(C)C(N)=O)c1C. The smallest absolute Gasteiger partial charge is 0.241 e. The minimum atomic E-state index is -3.87. The van der Waals surface area contributed by atoms with Gasteiger partial charge in [-0.3, -0.25) is 4.79 Å². The second-order valence-electron chi connectivity index (χ2n) is 5.06. The first kappa shape index (κ1) is 15.5. The Balaban J connectivity index is 3.33. The van der Waals surface area contributed by atoms with Crippen LogP contribution in [0.25, 0.3) is 0 Å². The Labute approximate surface area is 113 Å². The predicted octanol–water partition coefficient (Wildman–Crippen LogP) is 0.428. The number of carbonyl (C=O) groups is 1. The summed E-state index contributed by atoms with van der Waals surface area (Å²) in [5.74, 6) is -0.755.